The molecule has 0 fully saturated rings. The van der Waals surface area contributed by atoms with E-state index in [-0.39, 0.29) is 34.1 Å². The SMILES string of the molecule is O=[N+]([O-])C1=N[N-]N[N-]1.O=[N+]([O-])c1nnn[n-]1.[Cu+2].[Cu+]. The first-order chi connectivity index (χ1) is 7.61. The van der Waals surface area contributed by atoms with E-state index >= 15 is 0 Å². The van der Waals surface area contributed by atoms with Crippen molar-refractivity contribution in [2.24, 2.45) is 5.10 Å². The zero-order valence-corrected chi connectivity index (χ0v) is 9.64. The first kappa shape index (κ1) is 18.5. The van der Waals surface area contributed by atoms with E-state index in [0.29, 0.717) is 0 Å². The summed E-state index contributed by atoms with van der Waals surface area (Å²) in [6, 6.07) is 0. The van der Waals surface area contributed by atoms with Crippen LogP contribution < -0.4 is 10.6 Å². The van der Waals surface area contributed by atoms with Crippen molar-refractivity contribution >= 4 is 11.9 Å². The van der Waals surface area contributed by atoms with Gasteiger partial charge in [0.1, 0.15) is 0 Å². The Morgan fingerprint density at radius 3 is 2.11 bits per heavy atom. The molecule has 2 rings (SSSR count). The topological polar surface area (TPSA) is 192 Å². The summed E-state index contributed by atoms with van der Waals surface area (Å²) < 4.78 is 0. The molecular formula is C2HCu2N10O4. The van der Waals surface area contributed by atoms with E-state index in [1.54, 1.807) is 0 Å². The molecule has 18 heavy (non-hydrogen) atoms. The largest absolute Gasteiger partial charge is 2.00 e. The molecule has 0 aromatic carbocycles. The van der Waals surface area contributed by atoms with Crippen LogP contribution in [-0.4, -0.2) is 31.3 Å². The first-order valence-corrected chi connectivity index (χ1v) is 3.32. The van der Waals surface area contributed by atoms with Gasteiger partial charge in [-0.2, -0.15) is 15.3 Å². The van der Waals surface area contributed by atoms with Gasteiger partial charge in [0.15, 0.2) is 0 Å². The maximum absolute atomic E-state index is 9.68. The predicted octanol–water partition coefficient (Wildman–Crippen LogP) is -1.55. The second kappa shape index (κ2) is 9.20. The quantitative estimate of drug-likeness (QED) is 0.352. The van der Waals surface area contributed by atoms with E-state index in [4.69, 9.17) is 0 Å². The number of hydrogen-bond acceptors (Lipinski definition) is 9. The van der Waals surface area contributed by atoms with Gasteiger partial charge >= 0.3 is 34.1 Å². The number of tetrazole rings is 1. The van der Waals surface area contributed by atoms with Crippen LogP contribution in [0.1, 0.15) is 0 Å². The minimum absolute atomic E-state index is 0. The second-order valence-corrected chi connectivity index (χ2v) is 1.90. The number of nitro groups is 2. The molecule has 105 valence electrons. The molecule has 1 N–H and O–H groups in total. The normalized spacial score (nSPS) is 11.2. The van der Waals surface area contributed by atoms with Gasteiger partial charge in [0.05, 0.1) is 0 Å². The summed E-state index contributed by atoms with van der Waals surface area (Å²) in [6.45, 7) is 0. The molecule has 16 heteroatoms. The van der Waals surface area contributed by atoms with Crippen LogP contribution in [0, 0.1) is 20.2 Å². The average molecular weight is 356 g/mol. The van der Waals surface area contributed by atoms with Crippen molar-refractivity contribution in [3.63, 3.8) is 0 Å². The Morgan fingerprint density at radius 1 is 1.22 bits per heavy atom. The number of nitrogens with one attached hydrogen (secondary N) is 1. The molecular weight excluding hydrogens is 355 g/mol. The van der Waals surface area contributed by atoms with Crippen LogP contribution in [0.5, 0.6) is 0 Å². The van der Waals surface area contributed by atoms with Crippen molar-refractivity contribution in [1.82, 2.24) is 26.2 Å². The Kier molecular flexibility index (Phi) is 9.46. The van der Waals surface area contributed by atoms with Crippen LogP contribution in [0.2, 0.25) is 0 Å². The Labute approximate surface area is 119 Å². The van der Waals surface area contributed by atoms with Gasteiger partial charge in [0.2, 0.25) is 5.96 Å². The number of guanidine groups is 1. The van der Waals surface area contributed by atoms with Gasteiger partial charge in [-0.25, -0.2) is 0 Å². The van der Waals surface area contributed by atoms with Crippen LogP contribution in [0.4, 0.5) is 5.95 Å². The first-order valence-electron chi connectivity index (χ1n) is 3.32. The molecule has 1 aromatic rings. The maximum atomic E-state index is 9.68. The Balaban J connectivity index is 0. The third kappa shape index (κ3) is 6.02. The molecule has 1 aliphatic heterocycles. The summed E-state index contributed by atoms with van der Waals surface area (Å²) in [5, 5.41) is 34.0. The van der Waals surface area contributed by atoms with Crippen LogP contribution in [0.3, 0.4) is 0 Å². The third-order valence-corrected chi connectivity index (χ3v) is 0.969. The van der Waals surface area contributed by atoms with Crippen molar-refractivity contribution in [3.8, 4) is 0 Å². The molecule has 0 bridgehead atoms. The summed E-state index contributed by atoms with van der Waals surface area (Å²) in [5.74, 6) is -1.07. The molecule has 0 amide bonds. The Hall–Kier alpha value is -1.86. The van der Waals surface area contributed by atoms with Gasteiger partial charge in [-0.3, -0.25) is 5.53 Å². The third-order valence-electron chi connectivity index (χ3n) is 0.969. The van der Waals surface area contributed by atoms with E-state index in [2.05, 4.69) is 36.7 Å². The van der Waals surface area contributed by atoms with Gasteiger partial charge in [-0.05, 0) is 10.4 Å². The van der Waals surface area contributed by atoms with E-state index < -0.39 is 21.8 Å². The standard InChI is InChI=1S/CHN5O2.CN5O2.2Cu/c2*7-6(8)1-2-4-5-3-1;;/h4H;;;/q-2;-1;+1;+2. The van der Waals surface area contributed by atoms with Crippen LogP contribution in [-0.2, 0) is 34.1 Å². The smallest absolute Gasteiger partial charge is 0.517 e. The average Bonchev–Trinajstić information content (AvgIpc) is 2.93. The summed E-state index contributed by atoms with van der Waals surface area (Å²) >= 11 is 0. The molecule has 0 unspecified atom stereocenters. The molecule has 0 saturated heterocycles. The van der Waals surface area contributed by atoms with Crippen molar-refractivity contribution in [2.75, 3.05) is 0 Å². The van der Waals surface area contributed by atoms with Crippen LogP contribution in [0.15, 0.2) is 5.10 Å². The maximum Gasteiger partial charge on any atom is 2.00 e. The van der Waals surface area contributed by atoms with E-state index in [1.807, 2.05) is 5.53 Å². The fraction of sp³-hybridized carbons (Fsp3) is 0. The second-order valence-electron chi connectivity index (χ2n) is 1.90. The molecule has 0 atom stereocenters. The molecule has 1 radical (unpaired) electrons. The fourth-order valence-corrected chi connectivity index (χ4v) is 0.447. The predicted molar refractivity (Wildman–Crippen MR) is 44.1 cm³/mol. The van der Waals surface area contributed by atoms with Gasteiger partial charge < -0.3 is 30.9 Å². The van der Waals surface area contributed by atoms with Gasteiger partial charge in [-0.15, -0.1) is 0 Å². The molecule has 14 nitrogen and oxygen atoms in total. The van der Waals surface area contributed by atoms with Crippen LogP contribution >= 0.6 is 0 Å². The summed E-state index contributed by atoms with van der Waals surface area (Å²) in [4.78, 5) is 17.8. The summed E-state index contributed by atoms with van der Waals surface area (Å²) in [5.41, 5.74) is 8.04. The summed E-state index contributed by atoms with van der Waals surface area (Å²) in [6.07, 6.45) is 0. The minimum Gasteiger partial charge on any atom is -0.517 e. The van der Waals surface area contributed by atoms with Gasteiger partial charge in [0.25, 0.3) is 5.95 Å². The molecule has 0 spiro atoms. The summed E-state index contributed by atoms with van der Waals surface area (Å²) in [7, 11) is 0. The van der Waals surface area contributed by atoms with E-state index in [0.717, 1.165) is 0 Å². The number of rotatable bonds is 1. The van der Waals surface area contributed by atoms with Crippen molar-refractivity contribution < 1.29 is 44.0 Å². The Bertz CT molecular complexity index is 404. The number of nitrogens with zero attached hydrogens (tertiary/aromatic N) is 9. The zero-order valence-electron chi connectivity index (χ0n) is 7.76. The molecule has 2 heterocycles. The molecule has 1 aromatic heterocycles. The van der Waals surface area contributed by atoms with Crippen molar-refractivity contribution in [3.05, 3.63) is 31.2 Å². The molecule has 0 aliphatic carbocycles. The molecule has 0 saturated carbocycles. The minimum atomic E-state index is -0.764. The zero-order chi connectivity index (χ0) is 12.0. The van der Waals surface area contributed by atoms with Crippen LogP contribution in [0.25, 0.3) is 11.0 Å². The fourth-order valence-electron chi connectivity index (χ4n) is 0.447. The van der Waals surface area contributed by atoms with E-state index in [9.17, 15) is 20.2 Å². The number of aromatic nitrogens is 4. The van der Waals surface area contributed by atoms with E-state index in [1.165, 1.54) is 0 Å². The van der Waals surface area contributed by atoms with Crippen molar-refractivity contribution in [1.29, 1.82) is 0 Å². The van der Waals surface area contributed by atoms with Crippen molar-refractivity contribution in [2.45, 2.75) is 0 Å². The Morgan fingerprint density at radius 2 is 1.89 bits per heavy atom. The van der Waals surface area contributed by atoms with Gasteiger partial charge in [-0.1, -0.05) is 10.2 Å². The monoisotopic (exact) mass is 355 g/mol. The van der Waals surface area contributed by atoms with Gasteiger partial charge in [0, 0.05) is 0 Å². The molecule has 1 aliphatic rings. The number of hydrogen-bond donors (Lipinski definition) is 1.